The van der Waals surface area contributed by atoms with Crippen LogP contribution in [-0.2, 0) is 49.9 Å². The number of aromatic nitrogens is 3. The maximum Gasteiger partial charge on any atom is 0.416 e. The molecule has 2 N–H and O–H groups in total. The highest BCUT2D eigenvalue weighted by Gasteiger charge is 2.58. The number of ether oxygens (including phenoxy) is 6. The van der Waals surface area contributed by atoms with Gasteiger partial charge in [-0.3, -0.25) is 28.8 Å². The minimum absolute atomic E-state index is 0.0128. The number of carbonyl (C=O) groups excluding carboxylic acids is 7. The van der Waals surface area contributed by atoms with Crippen molar-refractivity contribution >= 4 is 58.2 Å². The number of amides is 5. The molecule has 0 bridgehead atoms. The highest BCUT2D eigenvalue weighted by Crippen LogP contribution is 2.57. The Labute approximate surface area is 587 Å². The lowest BCUT2D eigenvalue weighted by molar-refractivity contribution is -0.133. The molecule has 526 valence electrons. The second-order valence-corrected chi connectivity index (χ2v) is 28.0. The minimum atomic E-state index is -1.47. The highest BCUT2D eigenvalue weighted by atomic mass is 16.6. The van der Waals surface area contributed by atoms with Crippen molar-refractivity contribution in [1.29, 1.82) is 0 Å². The van der Waals surface area contributed by atoms with E-state index in [1.165, 1.54) is 26.4 Å². The summed E-state index contributed by atoms with van der Waals surface area (Å²) in [5.41, 5.74) is 9.71. The lowest BCUT2D eigenvalue weighted by atomic mass is 9.88. The number of carbonyl (C=O) groups is 7. The first-order valence-electron chi connectivity index (χ1n) is 34.9. The first kappa shape index (κ1) is 69.1. The van der Waals surface area contributed by atoms with Crippen LogP contribution in [0, 0.1) is 17.3 Å². The van der Waals surface area contributed by atoms with E-state index >= 15 is 0 Å². The smallest absolute Gasteiger partial charge is 0.416 e. The second-order valence-electron chi connectivity index (χ2n) is 28.0. The molecule has 1 aromatic heterocycles. The number of aliphatic hydroxyl groups is 1. The van der Waals surface area contributed by atoms with E-state index in [2.05, 4.69) is 15.6 Å². The molecule has 7 aromatic rings. The summed E-state index contributed by atoms with van der Waals surface area (Å²) in [5, 5.41) is 24.2. The molecule has 5 aliphatic heterocycles. The van der Waals surface area contributed by atoms with Crippen LogP contribution in [0.3, 0.4) is 0 Å². The van der Waals surface area contributed by atoms with E-state index in [4.69, 9.17) is 28.4 Å². The molecule has 13 rings (SSSR count). The fourth-order valence-electron chi connectivity index (χ4n) is 14.7. The Hall–Kier alpha value is -10.4. The predicted molar refractivity (Wildman–Crippen MR) is 378 cm³/mol. The van der Waals surface area contributed by atoms with Crippen LogP contribution < -0.4 is 38.8 Å². The van der Waals surface area contributed by atoms with Crippen molar-refractivity contribution in [2.75, 3.05) is 50.9 Å². The zero-order valence-electron chi connectivity index (χ0n) is 58.4. The van der Waals surface area contributed by atoms with Gasteiger partial charge in [-0.15, -0.1) is 5.10 Å². The topological polar surface area (TPSA) is 251 Å². The fraction of sp³-hybridized carbons (Fsp3) is 0.405. The Morgan fingerprint density at radius 2 is 1.40 bits per heavy atom. The van der Waals surface area contributed by atoms with E-state index in [9.17, 15) is 38.7 Å². The van der Waals surface area contributed by atoms with Crippen LogP contribution in [0.4, 0.5) is 16.2 Å². The van der Waals surface area contributed by atoms with Gasteiger partial charge in [-0.2, -0.15) is 0 Å². The van der Waals surface area contributed by atoms with Gasteiger partial charge in [-0.1, -0.05) is 97.9 Å². The van der Waals surface area contributed by atoms with Crippen molar-refractivity contribution in [2.45, 2.75) is 149 Å². The average Bonchev–Trinajstić information content (AvgIpc) is 1.57. The lowest BCUT2D eigenvalue weighted by Crippen LogP contribution is -2.50. The van der Waals surface area contributed by atoms with Gasteiger partial charge in [0.05, 0.1) is 75.8 Å². The zero-order chi connectivity index (χ0) is 71.0. The van der Waals surface area contributed by atoms with Gasteiger partial charge < -0.3 is 53.5 Å². The first-order chi connectivity index (χ1) is 48.7. The molecule has 6 aliphatic rings. The maximum absolute atomic E-state index is 14.6. The van der Waals surface area contributed by atoms with Crippen LogP contribution in [0.1, 0.15) is 147 Å². The number of ketones is 2. The van der Waals surface area contributed by atoms with E-state index in [1.807, 2.05) is 122 Å². The monoisotopic (exact) mass is 1370 g/mol. The van der Waals surface area contributed by atoms with Crippen LogP contribution in [0.5, 0.6) is 28.7 Å². The van der Waals surface area contributed by atoms with Gasteiger partial charge in [0, 0.05) is 85.6 Å². The minimum Gasteiger partial charge on any atom is -0.497 e. The number of aryl methyl sites for hydroxylation is 1. The number of nitrogens with one attached hydrogen (secondary N) is 1. The van der Waals surface area contributed by atoms with Crippen molar-refractivity contribution in [2.24, 2.45) is 17.3 Å². The normalized spacial score (nSPS) is 18.2. The summed E-state index contributed by atoms with van der Waals surface area (Å²) in [6, 6.07) is 35.4. The van der Waals surface area contributed by atoms with Crippen molar-refractivity contribution in [3.05, 3.63) is 166 Å². The summed E-state index contributed by atoms with van der Waals surface area (Å²) in [4.78, 5) is 105. The summed E-state index contributed by atoms with van der Waals surface area (Å²) in [7, 11) is 4.63. The molecule has 1 aliphatic carbocycles. The molecule has 1 spiro atoms. The molecule has 1 saturated carbocycles. The number of aliphatic hydroxyl groups excluding tert-OH is 1. The summed E-state index contributed by atoms with van der Waals surface area (Å²) in [5.74, 6) is -0.492. The van der Waals surface area contributed by atoms with Crippen LogP contribution >= 0.6 is 0 Å². The van der Waals surface area contributed by atoms with Gasteiger partial charge in [-0.25, -0.2) is 14.4 Å². The molecule has 1 saturated heterocycles. The quantitative estimate of drug-likeness (QED) is 0.0534. The molecule has 6 heterocycles. The SMILES string of the molecule is COc1ccc(C2=CN3C(=O)c4cc(OC)c(OCCCOc5cc6c(cc5OC)C(=O)N5CC7(CC7)C[C@H]5C(O)N6C(=O)OCc5ccc(CC(=O)[C@H](C)NC(=O)[C@@H](CC(=O)CCC(=O)N6Cc7ccccc7-c7c(nnn7C(C)C)-c7ccccc76)C(C)C)cc5)cc4CC[C@@H]3C2)cc1. The second kappa shape index (κ2) is 29.1. The number of anilines is 2. The van der Waals surface area contributed by atoms with Gasteiger partial charge >= 0.3 is 6.09 Å². The summed E-state index contributed by atoms with van der Waals surface area (Å²) in [6.07, 6.45) is 4.18. The molecule has 22 nitrogen and oxygen atoms in total. The summed E-state index contributed by atoms with van der Waals surface area (Å²) >= 11 is 0. The molecule has 6 aromatic carbocycles. The third-order valence-corrected chi connectivity index (χ3v) is 20.7. The van der Waals surface area contributed by atoms with Crippen molar-refractivity contribution in [1.82, 2.24) is 30.1 Å². The Balaban J connectivity index is 0.612. The van der Waals surface area contributed by atoms with Gasteiger partial charge in [-0.05, 0) is 140 Å². The number of para-hydroxylation sites is 1. The third kappa shape index (κ3) is 14.1. The molecule has 101 heavy (non-hydrogen) atoms. The molecule has 22 heteroatoms. The van der Waals surface area contributed by atoms with E-state index in [0.717, 1.165) is 75.4 Å². The number of hydrogen-bond donors (Lipinski definition) is 2. The van der Waals surface area contributed by atoms with Crippen LogP contribution in [0.2, 0.25) is 0 Å². The van der Waals surface area contributed by atoms with Crippen LogP contribution in [0.15, 0.2) is 128 Å². The molecule has 5 amide bonds. The average molecular weight is 1370 g/mol. The van der Waals surface area contributed by atoms with Crippen molar-refractivity contribution in [3.63, 3.8) is 0 Å². The number of nitrogens with zero attached hydrogens (tertiary/aromatic N) is 7. The van der Waals surface area contributed by atoms with E-state index < -0.39 is 36.2 Å². The predicted octanol–water partition coefficient (Wildman–Crippen LogP) is 11.9. The number of methoxy groups -OCH3 is 3. The molecular weight excluding hydrogens is 1280 g/mol. The number of hydrogen-bond acceptors (Lipinski definition) is 16. The van der Waals surface area contributed by atoms with E-state index in [1.54, 1.807) is 54.2 Å². The van der Waals surface area contributed by atoms with Crippen molar-refractivity contribution < 1.29 is 67.1 Å². The van der Waals surface area contributed by atoms with Gasteiger partial charge in [0.25, 0.3) is 11.8 Å². The number of rotatable bonds is 24. The van der Waals surface area contributed by atoms with Crippen LogP contribution in [0.25, 0.3) is 28.1 Å². The standard InChI is InChI=1S/C79H86N8O14/c1-46(2)60(37-56(88)26-29-71(90)84-42-53-14-9-10-15-58(53)73-72(81-82-87(73)47(3)4)59-16-11-12-17-63(59)84)74(91)80-48(5)66(89)34-49-18-20-50(21-19-49)44-101-78(95)86-64-40-70(68(98-8)39-62(64)76(93)85-45-79(30-31-79)41-65(85)77(86)94)100-33-13-32-99-69-36-52-22-25-55-35-54(51-23-27-57(96-6)28-24-51)43-83(55)75(92)61(52)38-67(69)97-7/h9-12,14-21,23-24,27-28,36,38-40,43,46-48,55,60,65,77,94H,13,22,25-26,29-35,37,41-42,44-45H2,1-8H3,(H,80,91)/t48-,55+,60-,65-,77?/m0/s1. The van der Waals surface area contributed by atoms with Gasteiger partial charge in [0.15, 0.2) is 35.0 Å². The summed E-state index contributed by atoms with van der Waals surface area (Å²) < 4.78 is 37.4. The maximum atomic E-state index is 14.6. The number of Topliss-reactive ketones (excluding diaryl/α,β-unsaturated/α-hetero) is 2. The van der Waals surface area contributed by atoms with Gasteiger partial charge in [0.1, 0.15) is 23.8 Å². The number of fused-ring (bicyclic) bond motifs is 9. The van der Waals surface area contributed by atoms with Crippen LogP contribution in [-0.4, -0.2) is 137 Å². The Kier molecular flexibility index (Phi) is 19.9. The molecule has 5 atom stereocenters. The Morgan fingerprint density at radius 1 is 0.713 bits per heavy atom. The van der Waals surface area contributed by atoms with Crippen molar-refractivity contribution in [3.8, 4) is 51.3 Å². The van der Waals surface area contributed by atoms with E-state index in [-0.39, 0.29) is 128 Å². The molecule has 1 unspecified atom stereocenters. The largest absolute Gasteiger partial charge is 0.497 e. The Morgan fingerprint density at radius 3 is 2.09 bits per heavy atom. The number of benzene rings is 6. The molecular formula is C79H86N8O14. The lowest BCUT2D eigenvalue weighted by Gasteiger charge is -2.31. The summed E-state index contributed by atoms with van der Waals surface area (Å²) in [6.45, 7) is 10.2. The highest BCUT2D eigenvalue weighted by molar-refractivity contribution is 6.07. The van der Waals surface area contributed by atoms with E-state index in [0.29, 0.717) is 65.4 Å². The molecule has 2 fully saturated rings. The third-order valence-electron chi connectivity index (χ3n) is 20.7. The first-order valence-corrected chi connectivity index (χ1v) is 34.9. The molecule has 0 radical (unpaired) electrons. The fourth-order valence-corrected chi connectivity index (χ4v) is 14.7. The van der Waals surface area contributed by atoms with Gasteiger partial charge in [0.2, 0.25) is 11.8 Å². The Bertz CT molecular complexity index is 4390. The zero-order valence-corrected chi connectivity index (χ0v) is 58.4.